The van der Waals surface area contributed by atoms with Crippen LogP contribution in [0.3, 0.4) is 0 Å². The maximum atomic E-state index is 12.8. The second kappa shape index (κ2) is 5.29. The van der Waals surface area contributed by atoms with E-state index in [2.05, 4.69) is 0 Å². The summed E-state index contributed by atoms with van der Waals surface area (Å²) in [7, 11) is 1.45. The molecule has 100 valence electrons. The number of benzene rings is 1. The van der Waals surface area contributed by atoms with Crippen molar-refractivity contribution in [2.24, 2.45) is 5.92 Å². The van der Waals surface area contributed by atoms with Gasteiger partial charge in [0, 0.05) is 19.3 Å². The van der Waals surface area contributed by atoms with Gasteiger partial charge in [0.15, 0.2) is 0 Å². The van der Waals surface area contributed by atoms with Crippen molar-refractivity contribution in [1.82, 2.24) is 0 Å². The molecule has 0 aliphatic carbocycles. The van der Waals surface area contributed by atoms with Gasteiger partial charge in [-0.2, -0.15) is 13.2 Å². The van der Waals surface area contributed by atoms with E-state index in [4.69, 9.17) is 5.11 Å². The molecule has 3 nitrogen and oxygen atoms in total. The predicted octanol–water partition coefficient (Wildman–Crippen LogP) is 2.86. The monoisotopic (exact) mass is 261 g/mol. The van der Waals surface area contributed by atoms with Crippen LogP contribution in [-0.4, -0.2) is 24.7 Å². The lowest BCUT2D eigenvalue weighted by Crippen LogP contribution is -2.30. The minimum Gasteiger partial charge on any atom is -0.481 e. The highest BCUT2D eigenvalue weighted by Gasteiger charge is 2.34. The zero-order valence-electron chi connectivity index (χ0n) is 10.0. The first-order chi connectivity index (χ1) is 8.23. The lowest BCUT2D eigenvalue weighted by atomic mass is 10.1. The van der Waals surface area contributed by atoms with Gasteiger partial charge < -0.3 is 10.0 Å². The first-order valence-corrected chi connectivity index (χ1v) is 5.33. The third kappa shape index (κ3) is 3.38. The average Bonchev–Trinajstić information content (AvgIpc) is 2.27. The zero-order valence-corrected chi connectivity index (χ0v) is 10.0. The summed E-state index contributed by atoms with van der Waals surface area (Å²) in [5.74, 6) is -1.78. The van der Waals surface area contributed by atoms with Crippen molar-refractivity contribution in [3.8, 4) is 0 Å². The van der Waals surface area contributed by atoms with Crippen molar-refractivity contribution in [3.05, 3.63) is 29.8 Å². The van der Waals surface area contributed by atoms with E-state index in [0.29, 0.717) is 0 Å². The first kappa shape index (κ1) is 14.3. The Hall–Kier alpha value is -1.72. The Bertz CT molecular complexity index is 432. The van der Waals surface area contributed by atoms with Gasteiger partial charge in [-0.3, -0.25) is 4.79 Å². The van der Waals surface area contributed by atoms with Gasteiger partial charge in [-0.1, -0.05) is 19.1 Å². The summed E-state index contributed by atoms with van der Waals surface area (Å²) in [6.45, 7) is 1.47. The number of alkyl halides is 3. The van der Waals surface area contributed by atoms with Crippen LogP contribution in [0.5, 0.6) is 0 Å². The second-order valence-electron chi connectivity index (χ2n) is 4.13. The van der Waals surface area contributed by atoms with Gasteiger partial charge in [-0.05, 0) is 12.1 Å². The van der Waals surface area contributed by atoms with Gasteiger partial charge in [0.25, 0.3) is 0 Å². The van der Waals surface area contributed by atoms with Gasteiger partial charge in [0.1, 0.15) is 0 Å². The molecule has 1 unspecified atom stereocenters. The molecule has 6 heteroatoms. The number of nitrogens with zero attached hydrogens (tertiary/aromatic N) is 1. The molecular formula is C12H14F3NO2. The molecule has 0 heterocycles. The summed E-state index contributed by atoms with van der Waals surface area (Å²) in [5, 5.41) is 8.76. The number of aliphatic carboxylic acids is 1. The summed E-state index contributed by atoms with van der Waals surface area (Å²) < 4.78 is 38.3. The highest BCUT2D eigenvalue weighted by Crippen LogP contribution is 2.36. The molecule has 0 saturated heterocycles. The molecule has 0 radical (unpaired) electrons. The van der Waals surface area contributed by atoms with Crippen LogP contribution < -0.4 is 4.90 Å². The number of carbonyl (C=O) groups is 1. The van der Waals surface area contributed by atoms with E-state index in [1.165, 1.54) is 37.1 Å². The quantitative estimate of drug-likeness (QED) is 0.906. The maximum Gasteiger partial charge on any atom is 0.418 e. The number of para-hydroxylation sites is 1. The van der Waals surface area contributed by atoms with E-state index >= 15 is 0 Å². The van der Waals surface area contributed by atoms with Gasteiger partial charge in [0.05, 0.1) is 11.5 Å². The minimum atomic E-state index is -4.45. The summed E-state index contributed by atoms with van der Waals surface area (Å²) >= 11 is 0. The van der Waals surface area contributed by atoms with Crippen LogP contribution >= 0.6 is 0 Å². The van der Waals surface area contributed by atoms with E-state index in [-0.39, 0.29) is 12.2 Å². The summed E-state index contributed by atoms with van der Waals surface area (Å²) in [5.41, 5.74) is -0.775. The van der Waals surface area contributed by atoms with E-state index in [1.807, 2.05) is 0 Å². The van der Waals surface area contributed by atoms with Gasteiger partial charge >= 0.3 is 12.1 Å². The normalized spacial score (nSPS) is 13.2. The van der Waals surface area contributed by atoms with Crippen molar-refractivity contribution in [2.75, 3.05) is 18.5 Å². The molecule has 0 aromatic heterocycles. The molecule has 1 N–H and O–H groups in total. The third-order valence-corrected chi connectivity index (χ3v) is 2.59. The molecule has 0 aliphatic heterocycles. The molecule has 0 amide bonds. The first-order valence-electron chi connectivity index (χ1n) is 5.33. The Kier molecular flexibility index (Phi) is 4.21. The number of halogens is 3. The van der Waals surface area contributed by atoms with Crippen LogP contribution in [-0.2, 0) is 11.0 Å². The highest BCUT2D eigenvalue weighted by atomic mass is 19.4. The van der Waals surface area contributed by atoms with E-state index in [1.54, 1.807) is 0 Å². The van der Waals surface area contributed by atoms with E-state index in [0.717, 1.165) is 6.07 Å². The van der Waals surface area contributed by atoms with Crippen LogP contribution in [0, 0.1) is 5.92 Å². The number of anilines is 1. The van der Waals surface area contributed by atoms with E-state index in [9.17, 15) is 18.0 Å². The van der Waals surface area contributed by atoms with Crippen LogP contribution in [0.25, 0.3) is 0 Å². The largest absolute Gasteiger partial charge is 0.481 e. The van der Waals surface area contributed by atoms with Gasteiger partial charge in [0.2, 0.25) is 0 Å². The number of carboxylic acids is 1. The molecule has 1 aromatic carbocycles. The van der Waals surface area contributed by atoms with Crippen LogP contribution in [0.4, 0.5) is 18.9 Å². The fraction of sp³-hybridized carbons (Fsp3) is 0.417. The SMILES string of the molecule is CC(CN(C)c1ccccc1C(F)(F)F)C(=O)O. The fourth-order valence-corrected chi connectivity index (χ4v) is 1.63. The van der Waals surface area contributed by atoms with Crippen LogP contribution in [0.2, 0.25) is 0 Å². The molecule has 1 atom stereocenters. The Morgan fingerprint density at radius 3 is 2.44 bits per heavy atom. The predicted molar refractivity (Wildman–Crippen MR) is 61.5 cm³/mol. The molecule has 18 heavy (non-hydrogen) atoms. The summed E-state index contributed by atoms with van der Waals surface area (Å²) in [6.07, 6.45) is -4.45. The number of hydrogen-bond acceptors (Lipinski definition) is 2. The lowest BCUT2D eigenvalue weighted by Gasteiger charge is -2.24. The number of carboxylic acid groups (broad SMARTS) is 1. The lowest BCUT2D eigenvalue weighted by molar-refractivity contribution is -0.140. The molecular weight excluding hydrogens is 247 g/mol. The Labute approximate surface area is 103 Å². The van der Waals surface area contributed by atoms with E-state index < -0.39 is 23.6 Å². The van der Waals surface area contributed by atoms with Crippen molar-refractivity contribution >= 4 is 11.7 Å². The third-order valence-electron chi connectivity index (χ3n) is 2.59. The maximum absolute atomic E-state index is 12.8. The van der Waals surface area contributed by atoms with Gasteiger partial charge in [-0.25, -0.2) is 0 Å². The Morgan fingerprint density at radius 2 is 1.94 bits per heavy atom. The molecule has 0 fully saturated rings. The molecule has 1 rings (SSSR count). The van der Waals surface area contributed by atoms with Crippen molar-refractivity contribution < 1.29 is 23.1 Å². The Balaban J connectivity index is 2.99. The molecule has 0 aliphatic rings. The topological polar surface area (TPSA) is 40.5 Å². The summed E-state index contributed by atoms with van der Waals surface area (Å²) in [6, 6.07) is 5.11. The standard InChI is InChI=1S/C12H14F3NO2/c1-8(11(17)18)7-16(2)10-6-4-3-5-9(10)12(13,14)15/h3-6,8H,7H2,1-2H3,(H,17,18). The minimum absolute atomic E-state index is 0.0156. The molecule has 1 aromatic rings. The smallest absolute Gasteiger partial charge is 0.418 e. The zero-order chi connectivity index (χ0) is 13.9. The van der Waals surface area contributed by atoms with Crippen LogP contribution in [0.15, 0.2) is 24.3 Å². The molecule has 0 saturated carbocycles. The van der Waals surface area contributed by atoms with Gasteiger partial charge in [-0.15, -0.1) is 0 Å². The highest BCUT2D eigenvalue weighted by molar-refractivity contribution is 5.70. The number of hydrogen-bond donors (Lipinski definition) is 1. The summed E-state index contributed by atoms with van der Waals surface area (Å²) in [4.78, 5) is 12.0. The average molecular weight is 261 g/mol. The Morgan fingerprint density at radius 1 is 1.39 bits per heavy atom. The van der Waals surface area contributed by atoms with Crippen molar-refractivity contribution in [3.63, 3.8) is 0 Å². The van der Waals surface area contributed by atoms with Crippen molar-refractivity contribution in [1.29, 1.82) is 0 Å². The number of rotatable bonds is 4. The molecule has 0 bridgehead atoms. The van der Waals surface area contributed by atoms with Crippen molar-refractivity contribution in [2.45, 2.75) is 13.1 Å². The molecule has 0 spiro atoms. The fourth-order valence-electron chi connectivity index (χ4n) is 1.63. The van der Waals surface area contributed by atoms with Crippen LogP contribution in [0.1, 0.15) is 12.5 Å². The second-order valence-corrected chi connectivity index (χ2v) is 4.13.